The van der Waals surface area contributed by atoms with Crippen LogP contribution >= 0.6 is 0 Å². The van der Waals surface area contributed by atoms with Crippen molar-refractivity contribution in [3.63, 3.8) is 0 Å². The van der Waals surface area contributed by atoms with E-state index in [1.54, 1.807) is 12.4 Å². The van der Waals surface area contributed by atoms with Gasteiger partial charge in [-0.1, -0.05) is 35.5 Å². The van der Waals surface area contributed by atoms with Crippen LogP contribution in [0.2, 0.25) is 0 Å². The maximum absolute atomic E-state index is 5.76. The van der Waals surface area contributed by atoms with Crippen molar-refractivity contribution in [2.24, 2.45) is 0 Å². The molecule has 0 fully saturated rings. The first-order chi connectivity index (χ1) is 13.8. The Kier molecular flexibility index (Phi) is 3.79. The molecule has 8 heteroatoms. The van der Waals surface area contributed by atoms with Gasteiger partial charge >= 0.3 is 0 Å². The van der Waals surface area contributed by atoms with Gasteiger partial charge in [0.25, 0.3) is 0 Å². The van der Waals surface area contributed by atoms with Crippen LogP contribution in [-0.4, -0.2) is 34.9 Å². The van der Waals surface area contributed by atoms with Gasteiger partial charge in [0.1, 0.15) is 11.3 Å². The number of anilines is 1. The molecule has 8 nitrogen and oxygen atoms in total. The van der Waals surface area contributed by atoms with E-state index in [2.05, 4.69) is 42.4 Å². The van der Waals surface area contributed by atoms with E-state index in [4.69, 9.17) is 5.73 Å². The van der Waals surface area contributed by atoms with E-state index in [1.165, 1.54) is 0 Å². The number of hydrogen-bond donors (Lipinski definition) is 2. The van der Waals surface area contributed by atoms with Gasteiger partial charge in [0.2, 0.25) is 5.95 Å². The molecule has 5 rings (SSSR count). The van der Waals surface area contributed by atoms with Crippen molar-refractivity contribution in [1.82, 2.24) is 34.9 Å². The van der Waals surface area contributed by atoms with Gasteiger partial charge in [-0.15, -0.1) is 5.10 Å². The Balaban J connectivity index is 1.59. The van der Waals surface area contributed by atoms with Crippen LogP contribution in [0.15, 0.2) is 67.3 Å². The number of nitrogens with one attached hydrogen (secondary N) is 1. The van der Waals surface area contributed by atoms with Crippen LogP contribution in [0.25, 0.3) is 33.5 Å². The molecule has 0 spiro atoms. The second-order valence-electron chi connectivity index (χ2n) is 6.37. The summed E-state index contributed by atoms with van der Waals surface area (Å²) in [5.41, 5.74) is 11.0. The zero-order chi connectivity index (χ0) is 18.9. The third-order valence-corrected chi connectivity index (χ3v) is 4.53. The SMILES string of the molecule is Nc1nccc(-c2c[nH]c3nccc(-c4cn(Cc5ccccc5)nn4)c23)n1. The van der Waals surface area contributed by atoms with E-state index in [1.807, 2.05) is 47.4 Å². The van der Waals surface area contributed by atoms with Crippen molar-refractivity contribution < 1.29 is 0 Å². The van der Waals surface area contributed by atoms with Crippen molar-refractivity contribution in [1.29, 1.82) is 0 Å². The van der Waals surface area contributed by atoms with Gasteiger partial charge in [-0.25, -0.2) is 19.6 Å². The van der Waals surface area contributed by atoms with Crippen molar-refractivity contribution in [3.05, 3.63) is 72.8 Å². The zero-order valence-corrected chi connectivity index (χ0v) is 14.8. The summed E-state index contributed by atoms with van der Waals surface area (Å²) in [4.78, 5) is 15.9. The zero-order valence-electron chi connectivity index (χ0n) is 14.8. The molecule has 4 heterocycles. The molecule has 3 N–H and O–H groups in total. The highest BCUT2D eigenvalue weighted by Crippen LogP contribution is 2.33. The third kappa shape index (κ3) is 2.86. The first kappa shape index (κ1) is 16.1. The van der Waals surface area contributed by atoms with Gasteiger partial charge in [0.15, 0.2) is 0 Å². The first-order valence-corrected chi connectivity index (χ1v) is 8.77. The number of benzene rings is 1. The number of hydrogen-bond acceptors (Lipinski definition) is 6. The highest BCUT2D eigenvalue weighted by atomic mass is 15.4. The number of nitrogens with two attached hydrogens (primary N) is 1. The number of pyridine rings is 1. The second-order valence-corrected chi connectivity index (χ2v) is 6.37. The smallest absolute Gasteiger partial charge is 0.220 e. The van der Waals surface area contributed by atoms with E-state index in [0.29, 0.717) is 6.54 Å². The molecule has 0 aliphatic heterocycles. The molecule has 0 aliphatic rings. The van der Waals surface area contributed by atoms with Crippen molar-refractivity contribution in [3.8, 4) is 22.5 Å². The summed E-state index contributed by atoms with van der Waals surface area (Å²) < 4.78 is 1.83. The number of aromatic amines is 1. The second kappa shape index (κ2) is 6.58. The van der Waals surface area contributed by atoms with Gasteiger partial charge in [-0.3, -0.25) is 0 Å². The number of nitrogen functional groups attached to an aromatic ring is 1. The quantitative estimate of drug-likeness (QED) is 0.504. The number of nitrogens with zero attached hydrogens (tertiary/aromatic N) is 6. The summed E-state index contributed by atoms with van der Waals surface area (Å²) in [6.07, 6.45) is 7.20. The molecule has 0 aliphatic carbocycles. The van der Waals surface area contributed by atoms with E-state index in [0.717, 1.165) is 39.1 Å². The fourth-order valence-corrected chi connectivity index (χ4v) is 3.27. The maximum Gasteiger partial charge on any atom is 0.220 e. The minimum absolute atomic E-state index is 0.228. The Labute approximate surface area is 160 Å². The standard InChI is InChI=1S/C20H16N8/c21-20-23-9-7-16(25-20)15-10-24-19-18(15)14(6-8-22-19)17-12-28(27-26-17)11-13-4-2-1-3-5-13/h1-10,12H,11H2,(H,22,24)(H2,21,23,25). The molecule has 0 radical (unpaired) electrons. The summed E-state index contributed by atoms with van der Waals surface area (Å²) in [7, 11) is 0. The molecular weight excluding hydrogens is 352 g/mol. The fraction of sp³-hybridized carbons (Fsp3) is 0.0500. The van der Waals surface area contributed by atoms with Gasteiger partial charge in [0, 0.05) is 35.1 Å². The highest BCUT2D eigenvalue weighted by molar-refractivity contribution is 6.02. The lowest BCUT2D eigenvalue weighted by Crippen LogP contribution is -1.99. The van der Waals surface area contributed by atoms with E-state index in [-0.39, 0.29) is 5.95 Å². The predicted octanol–water partition coefficient (Wildman–Crippen LogP) is 2.91. The molecule has 4 aromatic heterocycles. The van der Waals surface area contributed by atoms with Gasteiger partial charge in [0.05, 0.1) is 18.4 Å². The predicted molar refractivity (Wildman–Crippen MR) is 106 cm³/mol. The molecule has 0 saturated heterocycles. The minimum atomic E-state index is 0.228. The maximum atomic E-state index is 5.76. The lowest BCUT2D eigenvalue weighted by molar-refractivity contribution is 0.650. The molecule has 136 valence electrons. The Morgan fingerprint density at radius 3 is 2.64 bits per heavy atom. The summed E-state index contributed by atoms with van der Waals surface area (Å²) in [6, 6.07) is 13.9. The van der Waals surface area contributed by atoms with Gasteiger partial charge in [-0.2, -0.15) is 0 Å². The average Bonchev–Trinajstić information content (AvgIpc) is 3.36. The van der Waals surface area contributed by atoms with E-state index < -0.39 is 0 Å². The molecule has 0 bridgehead atoms. The Bertz CT molecular complexity index is 1260. The minimum Gasteiger partial charge on any atom is -0.368 e. The van der Waals surface area contributed by atoms with Crippen molar-refractivity contribution >= 4 is 17.0 Å². The van der Waals surface area contributed by atoms with Crippen LogP contribution in [-0.2, 0) is 6.54 Å². The van der Waals surface area contributed by atoms with Crippen LogP contribution in [0, 0.1) is 0 Å². The molecule has 0 unspecified atom stereocenters. The van der Waals surface area contributed by atoms with Gasteiger partial charge in [-0.05, 0) is 17.7 Å². The van der Waals surface area contributed by atoms with Crippen molar-refractivity contribution in [2.45, 2.75) is 6.54 Å². The van der Waals surface area contributed by atoms with Crippen LogP contribution < -0.4 is 5.73 Å². The molecule has 0 atom stereocenters. The lowest BCUT2D eigenvalue weighted by Gasteiger charge is -2.03. The topological polar surface area (TPSA) is 111 Å². The largest absolute Gasteiger partial charge is 0.368 e. The highest BCUT2D eigenvalue weighted by Gasteiger charge is 2.16. The summed E-state index contributed by atoms with van der Waals surface area (Å²) in [6.45, 7) is 0.657. The van der Waals surface area contributed by atoms with E-state index >= 15 is 0 Å². The van der Waals surface area contributed by atoms with Crippen molar-refractivity contribution in [2.75, 3.05) is 5.73 Å². The van der Waals surface area contributed by atoms with Gasteiger partial charge < -0.3 is 10.7 Å². The average molecular weight is 368 g/mol. The molecular formula is C20H16N8. The Hall–Kier alpha value is -4.07. The molecule has 1 aromatic carbocycles. The molecule has 0 saturated carbocycles. The van der Waals surface area contributed by atoms with Crippen LogP contribution in [0.4, 0.5) is 5.95 Å². The summed E-state index contributed by atoms with van der Waals surface area (Å²) in [5, 5.41) is 9.59. The number of H-pyrrole nitrogens is 1. The van der Waals surface area contributed by atoms with E-state index in [9.17, 15) is 0 Å². The number of fused-ring (bicyclic) bond motifs is 1. The number of aromatic nitrogens is 7. The normalized spacial score (nSPS) is 11.1. The van der Waals surface area contributed by atoms with Crippen LogP contribution in [0.1, 0.15) is 5.56 Å². The molecule has 5 aromatic rings. The fourth-order valence-electron chi connectivity index (χ4n) is 3.27. The Morgan fingerprint density at radius 1 is 0.929 bits per heavy atom. The molecule has 0 amide bonds. The van der Waals surface area contributed by atoms with Crippen LogP contribution in [0.3, 0.4) is 0 Å². The van der Waals surface area contributed by atoms with Crippen LogP contribution in [0.5, 0.6) is 0 Å². The lowest BCUT2D eigenvalue weighted by atomic mass is 10.0. The Morgan fingerprint density at radius 2 is 1.79 bits per heavy atom. The first-order valence-electron chi connectivity index (χ1n) is 8.77. The monoisotopic (exact) mass is 368 g/mol. The third-order valence-electron chi connectivity index (χ3n) is 4.53. The summed E-state index contributed by atoms with van der Waals surface area (Å²) >= 11 is 0. The summed E-state index contributed by atoms with van der Waals surface area (Å²) in [5.74, 6) is 0.228. The molecule has 28 heavy (non-hydrogen) atoms. The number of rotatable bonds is 4.